The highest BCUT2D eigenvalue weighted by Gasteiger charge is 2.38. The molecule has 5 heteroatoms. The molecule has 1 fully saturated rings. The van der Waals surface area contributed by atoms with Crippen molar-refractivity contribution >= 4 is 17.5 Å². The van der Waals surface area contributed by atoms with Gasteiger partial charge in [-0.15, -0.1) is 0 Å². The van der Waals surface area contributed by atoms with Crippen LogP contribution in [0.5, 0.6) is 5.75 Å². The van der Waals surface area contributed by atoms with E-state index in [2.05, 4.69) is 5.32 Å². The predicted octanol–water partition coefficient (Wildman–Crippen LogP) is 2.76. The molecule has 0 atom stereocenters. The first-order valence-corrected chi connectivity index (χ1v) is 7.69. The highest BCUT2D eigenvalue weighted by Crippen LogP contribution is 2.44. The first-order valence-electron chi connectivity index (χ1n) is 7.69. The van der Waals surface area contributed by atoms with Gasteiger partial charge >= 0.3 is 0 Å². The van der Waals surface area contributed by atoms with E-state index in [0.29, 0.717) is 18.5 Å². The van der Waals surface area contributed by atoms with E-state index in [1.807, 2.05) is 0 Å². The average molecular weight is 304 g/mol. The number of amides is 2. The van der Waals surface area contributed by atoms with Gasteiger partial charge in [-0.1, -0.05) is 12.8 Å². The lowest BCUT2D eigenvalue weighted by atomic mass is 9.78. The summed E-state index contributed by atoms with van der Waals surface area (Å²) in [5, 5.41) is 12.1. The second-order valence-electron chi connectivity index (χ2n) is 6.44. The Morgan fingerprint density at radius 2 is 1.73 bits per heavy atom. The van der Waals surface area contributed by atoms with E-state index >= 15 is 0 Å². The Labute approximate surface area is 131 Å². The minimum atomic E-state index is -0.206. The molecule has 0 radical (unpaired) electrons. The molecule has 1 aliphatic carbocycles. The Hall–Kier alpha value is -2.04. The van der Waals surface area contributed by atoms with E-state index in [0.717, 1.165) is 25.7 Å². The molecule has 0 aromatic heterocycles. The van der Waals surface area contributed by atoms with E-state index in [4.69, 9.17) is 0 Å². The third-order valence-corrected chi connectivity index (χ3v) is 4.38. The normalized spacial score (nSPS) is 16.3. The minimum Gasteiger partial charge on any atom is -0.508 e. The molecule has 1 aromatic rings. The first-order chi connectivity index (χ1) is 10.4. The Bertz CT molecular complexity index is 531. The number of phenolic OH excluding ortho intramolecular Hbond substituents is 1. The van der Waals surface area contributed by atoms with Gasteiger partial charge in [-0.3, -0.25) is 9.59 Å². The molecular formula is C17H24N2O3. The Morgan fingerprint density at radius 3 is 2.27 bits per heavy atom. The fourth-order valence-corrected chi connectivity index (χ4v) is 3.11. The molecule has 0 spiro atoms. The summed E-state index contributed by atoms with van der Waals surface area (Å²) in [5.74, 6) is 0.181. The Morgan fingerprint density at radius 1 is 1.14 bits per heavy atom. The van der Waals surface area contributed by atoms with Crippen molar-refractivity contribution in [1.29, 1.82) is 0 Å². The lowest BCUT2D eigenvalue weighted by molar-refractivity contribution is -0.131. The maximum Gasteiger partial charge on any atom is 0.224 e. The maximum absolute atomic E-state index is 12.3. The number of nitrogens with zero attached hydrogens (tertiary/aromatic N) is 1. The number of hydrogen-bond donors (Lipinski definition) is 2. The van der Waals surface area contributed by atoms with Crippen LogP contribution in [0.3, 0.4) is 0 Å². The van der Waals surface area contributed by atoms with Crippen LogP contribution in [-0.4, -0.2) is 35.9 Å². The molecule has 0 heterocycles. The SMILES string of the molecule is CN(C)C(=O)CC1(CC(=O)Nc2ccc(O)cc2)CCCC1. The average Bonchev–Trinajstić information content (AvgIpc) is 2.89. The predicted molar refractivity (Wildman–Crippen MR) is 85.6 cm³/mol. The summed E-state index contributed by atoms with van der Waals surface area (Å²) in [6, 6.07) is 6.41. The van der Waals surface area contributed by atoms with Gasteiger partial charge in [0.15, 0.2) is 0 Å². The van der Waals surface area contributed by atoms with Gasteiger partial charge in [0.25, 0.3) is 0 Å². The van der Waals surface area contributed by atoms with Crippen LogP contribution in [-0.2, 0) is 9.59 Å². The van der Waals surface area contributed by atoms with Crippen molar-refractivity contribution in [3.05, 3.63) is 24.3 Å². The van der Waals surface area contributed by atoms with Gasteiger partial charge < -0.3 is 15.3 Å². The third kappa shape index (κ3) is 4.23. The van der Waals surface area contributed by atoms with Crippen LogP contribution in [0.4, 0.5) is 5.69 Å². The monoisotopic (exact) mass is 304 g/mol. The van der Waals surface area contributed by atoms with Crippen LogP contribution >= 0.6 is 0 Å². The largest absolute Gasteiger partial charge is 0.508 e. The number of carbonyl (C=O) groups excluding carboxylic acids is 2. The van der Waals surface area contributed by atoms with Crippen molar-refractivity contribution in [2.24, 2.45) is 5.41 Å². The third-order valence-electron chi connectivity index (χ3n) is 4.38. The lowest BCUT2D eigenvalue weighted by Gasteiger charge is -2.29. The molecule has 120 valence electrons. The smallest absolute Gasteiger partial charge is 0.224 e. The summed E-state index contributed by atoms with van der Waals surface area (Å²) in [7, 11) is 3.50. The highest BCUT2D eigenvalue weighted by atomic mass is 16.3. The molecular weight excluding hydrogens is 280 g/mol. The molecule has 1 aromatic carbocycles. The van der Waals surface area contributed by atoms with Crippen LogP contribution in [0.25, 0.3) is 0 Å². The number of anilines is 1. The molecule has 1 saturated carbocycles. The Kier molecular flexibility index (Phi) is 5.06. The van der Waals surface area contributed by atoms with E-state index < -0.39 is 0 Å². The van der Waals surface area contributed by atoms with Crippen molar-refractivity contribution in [3.63, 3.8) is 0 Å². The minimum absolute atomic E-state index is 0.0702. The zero-order valence-electron chi connectivity index (χ0n) is 13.3. The molecule has 0 bridgehead atoms. The summed E-state index contributed by atoms with van der Waals surface area (Å²) in [6.45, 7) is 0. The molecule has 0 unspecified atom stereocenters. The number of carbonyl (C=O) groups is 2. The summed E-state index contributed by atoms with van der Waals surface area (Å²) in [6.07, 6.45) is 4.81. The quantitative estimate of drug-likeness (QED) is 0.822. The summed E-state index contributed by atoms with van der Waals surface area (Å²) >= 11 is 0. The number of phenols is 1. The molecule has 2 rings (SSSR count). The Balaban J connectivity index is 1.99. The molecule has 1 aliphatic rings. The van der Waals surface area contributed by atoms with Gasteiger partial charge in [0.2, 0.25) is 11.8 Å². The van der Waals surface area contributed by atoms with E-state index in [1.54, 1.807) is 31.1 Å². The second-order valence-corrected chi connectivity index (χ2v) is 6.44. The fraction of sp³-hybridized carbons (Fsp3) is 0.529. The van der Waals surface area contributed by atoms with Crippen molar-refractivity contribution in [3.8, 4) is 5.75 Å². The fourth-order valence-electron chi connectivity index (χ4n) is 3.11. The van der Waals surface area contributed by atoms with Crippen LogP contribution in [0.2, 0.25) is 0 Å². The number of nitrogens with one attached hydrogen (secondary N) is 1. The van der Waals surface area contributed by atoms with Crippen LogP contribution in [0.15, 0.2) is 24.3 Å². The molecule has 2 N–H and O–H groups in total. The lowest BCUT2D eigenvalue weighted by Crippen LogP contribution is -2.32. The van der Waals surface area contributed by atoms with Crippen molar-refractivity contribution in [2.75, 3.05) is 19.4 Å². The van der Waals surface area contributed by atoms with Crippen LogP contribution < -0.4 is 5.32 Å². The van der Waals surface area contributed by atoms with Gasteiger partial charge in [-0.05, 0) is 42.5 Å². The summed E-state index contributed by atoms with van der Waals surface area (Å²) in [5.41, 5.74) is 0.456. The second kappa shape index (κ2) is 6.81. The van der Waals surface area contributed by atoms with Crippen molar-refractivity contribution in [1.82, 2.24) is 4.90 Å². The van der Waals surface area contributed by atoms with Gasteiger partial charge in [-0.25, -0.2) is 0 Å². The molecule has 5 nitrogen and oxygen atoms in total. The number of aromatic hydroxyl groups is 1. The van der Waals surface area contributed by atoms with Crippen LogP contribution in [0.1, 0.15) is 38.5 Å². The summed E-state index contributed by atoms with van der Waals surface area (Å²) in [4.78, 5) is 26.0. The van der Waals surface area contributed by atoms with Gasteiger partial charge in [0.05, 0.1) is 0 Å². The zero-order valence-corrected chi connectivity index (χ0v) is 13.3. The van der Waals surface area contributed by atoms with Crippen LogP contribution in [0, 0.1) is 5.41 Å². The number of rotatable bonds is 5. The number of benzene rings is 1. The van der Waals surface area contributed by atoms with E-state index in [-0.39, 0.29) is 23.0 Å². The molecule has 2 amide bonds. The van der Waals surface area contributed by atoms with Gasteiger partial charge in [0.1, 0.15) is 5.75 Å². The topological polar surface area (TPSA) is 69.6 Å². The molecule has 22 heavy (non-hydrogen) atoms. The molecule has 0 aliphatic heterocycles. The van der Waals surface area contributed by atoms with E-state index in [1.165, 1.54) is 12.1 Å². The van der Waals surface area contributed by atoms with E-state index in [9.17, 15) is 14.7 Å². The van der Waals surface area contributed by atoms with Gasteiger partial charge in [-0.2, -0.15) is 0 Å². The standard InChI is InChI=1S/C17H24N2O3/c1-19(2)16(22)12-17(9-3-4-10-17)11-15(21)18-13-5-7-14(20)8-6-13/h5-8,20H,3-4,9-12H2,1-2H3,(H,18,21). The van der Waals surface area contributed by atoms with Crippen molar-refractivity contribution < 1.29 is 14.7 Å². The van der Waals surface area contributed by atoms with Crippen molar-refractivity contribution in [2.45, 2.75) is 38.5 Å². The number of hydrogen-bond acceptors (Lipinski definition) is 3. The molecule has 0 saturated heterocycles. The zero-order chi connectivity index (χ0) is 16.2. The first kappa shape index (κ1) is 16.3. The highest BCUT2D eigenvalue weighted by molar-refractivity contribution is 5.91. The maximum atomic E-state index is 12.3. The van der Waals surface area contributed by atoms with Gasteiger partial charge in [0, 0.05) is 32.6 Å². The summed E-state index contributed by atoms with van der Waals surface area (Å²) < 4.78 is 0.